The Morgan fingerprint density at radius 2 is 1.85 bits per heavy atom. The molecule has 1 saturated carbocycles. The highest BCUT2D eigenvalue weighted by molar-refractivity contribution is 6.76. The van der Waals surface area contributed by atoms with Crippen molar-refractivity contribution in [1.29, 1.82) is 5.26 Å². The van der Waals surface area contributed by atoms with E-state index < -0.39 is 19.0 Å². The smallest absolute Gasteiger partial charge is 0.329 e. The minimum absolute atomic E-state index is 0.0213. The molecule has 0 unspecified atom stereocenters. The number of ether oxygens (including phenoxy) is 1. The van der Waals surface area contributed by atoms with E-state index in [-0.39, 0.29) is 31.3 Å². The fraction of sp³-hybridized carbons (Fsp3) is 0.842. The summed E-state index contributed by atoms with van der Waals surface area (Å²) in [5.41, 5.74) is 4.38. The van der Waals surface area contributed by atoms with Gasteiger partial charge in [0.05, 0.1) is 11.5 Å². The summed E-state index contributed by atoms with van der Waals surface area (Å²) in [5, 5.41) is 9.78. The van der Waals surface area contributed by atoms with E-state index in [0.29, 0.717) is 19.4 Å². The number of urea groups is 1. The van der Waals surface area contributed by atoms with E-state index in [1.807, 2.05) is 0 Å². The summed E-state index contributed by atoms with van der Waals surface area (Å²) in [6.07, 6.45) is 2.86. The molecule has 0 radical (unpaired) electrons. The van der Waals surface area contributed by atoms with E-state index in [0.717, 1.165) is 18.9 Å². The molecule has 1 saturated heterocycles. The maximum Gasteiger partial charge on any atom is 0.329 e. The lowest BCUT2D eigenvalue weighted by Crippen LogP contribution is -2.50. The van der Waals surface area contributed by atoms with E-state index in [2.05, 4.69) is 25.7 Å². The number of carbonyl (C=O) groups is 2. The van der Waals surface area contributed by atoms with Crippen LogP contribution < -0.4 is 5.73 Å². The van der Waals surface area contributed by atoms with Crippen molar-refractivity contribution in [2.75, 3.05) is 19.9 Å². The van der Waals surface area contributed by atoms with Gasteiger partial charge in [-0.1, -0.05) is 19.6 Å². The van der Waals surface area contributed by atoms with Crippen molar-refractivity contribution in [3.05, 3.63) is 0 Å². The van der Waals surface area contributed by atoms with Crippen LogP contribution in [-0.4, -0.2) is 61.3 Å². The lowest BCUT2D eigenvalue weighted by molar-refractivity contribution is -0.135. The van der Waals surface area contributed by atoms with Gasteiger partial charge in [-0.05, 0) is 45.6 Å². The molecule has 2 fully saturated rings. The van der Waals surface area contributed by atoms with Gasteiger partial charge in [-0.2, -0.15) is 5.26 Å². The number of carbonyl (C=O) groups excluding carboxylic acids is 2. The summed E-state index contributed by atoms with van der Waals surface area (Å²) in [4.78, 5) is 28.5. The number of amides is 3. The molecule has 2 rings (SSSR count). The van der Waals surface area contributed by atoms with Crippen LogP contribution in [0.15, 0.2) is 0 Å². The van der Waals surface area contributed by atoms with Crippen molar-refractivity contribution < 1.29 is 14.3 Å². The second-order valence-corrected chi connectivity index (χ2v) is 15.4. The lowest BCUT2D eigenvalue weighted by Gasteiger charge is -2.39. The number of rotatable bonds is 7. The summed E-state index contributed by atoms with van der Waals surface area (Å²) in [6, 6.07) is 3.15. The third-order valence-corrected chi connectivity index (χ3v) is 7.51. The molecule has 8 heteroatoms. The lowest BCUT2D eigenvalue weighted by atomic mass is 9.73. The van der Waals surface area contributed by atoms with E-state index in [9.17, 15) is 14.9 Å². The topological polar surface area (TPSA) is 99.7 Å². The van der Waals surface area contributed by atoms with Crippen LogP contribution in [0.4, 0.5) is 4.79 Å². The van der Waals surface area contributed by atoms with Gasteiger partial charge in [-0.3, -0.25) is 4.79 Å². The van der Waals surface area contributed by atoms with Crippen LogP contribution in [0.25, 0.3) is 0 Å². The Kier molecular flexibility index (Phi) is 6.39. The predicted octanol–water partition coefficient (Wildman–Crippen LogP) is 2.75. The van der Waals surface area contributed by atoms with Crippen LogP contribution in [-0.2, 0) is 9.53 Å². The third-order valence-electron chi connectivity index (χ3n) is 5.81. The number of nitrogens with two attached hydrogens (primary N) is 1. The fourth-order valence-electron chi connectivity index (χ4n) is 3.63. The van der Waals surface area contributed by atoms with E-state index in [1.54, 1.807) is 18.7 Å². The maximum absolute atomic E-state index is 12.9. The second-order valence-electron chi connectivity index (χ2n) is 9.74. The summed E-state index contributed by atoms with van der Waals surface area (Å²) < 4.78 is 5.64. The standard InChI is InChI=1S/C19H34N4O3Si/c1-18(2)16(24)22(14-26-10-11-27(3,4)5)17(25)23(18)13-19(12-20)8-6-15(21)7-9-19/h15H,6-11,13-14,21H2,1-5H3. The number of hydrogen-bond acceptors (Lipinski definition) is 5. The van der Waals surface area contributed by atoms with Crippen molar-refractivity contribution in [2.45, 2.75) is 76.8 Å². The molecule has 0 bridgehead atoms. The molecular weight excluding hydrogens is 360 g/mol. The Bertz CT molecular complexity index is 615. The van der Waals surface area contributed by atoms with Gasteiger partial charge < -0.3 is 15.4 Å². The molecule has 3 amide bonds. The number of hydrogen-bond donors (Lipinski definition) is 1. The molecular formula is C19H34N4O3Si. The predicted molar refractivity (Wildman–Crippen MR) is 106 cm³/mol. The summed E-state index contributed by atoms with van der Waals surface area (Å²) in [7, 11) is -1.23. The van der Waals surface area contributed by atoms with Crippen molar-refractivity contribution in [2.24, 2.45) is 11.1 Å². The third kappa shape index (κ3) is 4.89. The van der Waals surface area contributed by atoms with Gasteiger partial charge in [0.2, 0.25) is 0 Å². The monoisotopic (exact) mass is 394 g/mol. The number of imide groups is 1. The molecule has 1 heterocycles. The largest absolute Gasteiger partial charge is 0.361 e. The Balaban J connectivity index is 2.06. The molecule has 152 valence electrons. The summed E-state index contributed by atoms with van der Waals surface area (Å²) in [5.74, 6) is -0.263. The van der Waals surface area contributed by atoms with Gasteiger partial charge in [0, 0.05) is 27.3 Å². The van der Waals surface area contributed by atoms with Gasteiger partial charge in [-0.25, -0.2) is 9.69 Å². The minimum atomic E-state index is -1.23. The highest BCUT2D eigenvalue weighted by Crippen LogP contribution is 2.39. The van der Waals surface area contributed by atoms with Gasteiger partial charge in [0.25, 0.3) is 5.91 Å². The molecule has 1 aliphatic carbocycles. The van der Waals surface area contributed by atoms with Crippen molar-refractivity contribution >= 4 is 20.0 Å². The van der Waals surface area contributed by atoms with Crippen LogP contribution in [0.3, 0.4) is 0 Å². The molecule has 0 spiro atoms. The average Bonchev–Trinajstić information content (AvgIpc) is 2.74. The minimum Gasteiger partial charge on any atom is -0.361 e. The zero-order chi connectivity index (χ0) is 20.5. The zero-order valence-electron chi connectivity index (χ0n) is 17.4. The van der Waals surface area contributed by atoms with Crippen LogP contribution in [0.5, 0.6) is 0 Å². The maximum atomic E-state index is 12.9. The first kappa shape index (κ1) is 21.9. The normalized spacial score (nSPS) is 28.6. The molecule has 0 aromatic rings. The Hall–Kier alpha value is -1.43. The van der Waals surface area contributed by atoms with E-state index >= 15 is 0 Å². The summed E-state index contributed by atoms with van der Waals surface area (Å²) >= 11 is 0. The fourth-order valence-corrected chi connectivity index (χ4v) is 4.39. The van der Waals surface area contributed by atoms with Gasteiger partial charge in [0.15, 0.2) is 0 Å². The first-order chi connectivity index (χ1) is 12.4. The summed E-state index contributed by atoms with van der Waals surface area (Å²) in [6.45, 7) is 11.0. The van der Waals surface area contributed by atoms with Crippen LogP contribution >= 0.6 is 0 Å². The van der Waals surface area contributed by atoms with Gasteiger partial charge in [-0.15, -0.1) is 0 Å². The quantitative estimate of drug-likeness (QED) is 0.406. The van der Waals surface area contributed by atoms with Crippen LogP contribution in [0, 0.1) is 16.7 Å². The second kappa shape index (κ2) is 7.90. The highest BCUT2D eigenvalue weighted by Gasteiger charge is 2.53. The first-order valence-electron chi connectivity index (χ1n) is 9.80. The van der Waals surface area contributed by atoms with Gasteiger partial charge >= 0.3 is 6.03 Å². The number of nitriles is 1. The van der Waals surface area contributed by atoms with E-state index in [1.165, 1.54) is 4.90 Å². The van der Waals surface area contributed by atoms with Crippen LogP contribution in [0.2, 0.25) is 25.7 Å². The molecule has 7 nitrogen and oxygen atoms in total. The SMILES string of the molecule is CC1(C)C(=O)N(COCC[Si](C)(C)C)C(=O)N1CC1(C#N)CCC(N)CC1. The average molecular weight is 395 g/mol. The number of nitrogens with zero attached hydrogens (tertiary/aromatic N) is 3. The molecule has 0 aromatic heterocycles. The molecule has 27 heavy (non-hydrogen) atoms. The Morgan fingerprint density at radius 3 is 2.37 bits per heavy atom. The Morgan fingerprint density at radius 1 is 1.26 bits per heavy atom. The zero-order valence-corrected chi connectivity index (χ0v) is 18.4. The molecule has 2 aliphatic rings. The Labute approximate surface area is 163 Å². The van der Waals surface area contributed by atoms with Crippen molar-refractivity contribution in [3.8, 4) is 6.07 Å². The molecule has 2 N–H and O–H groups in total. The van der Waals surface area contributed by atoms with E-state index in [4.69, 9.17) is 10.5 Å². The first-order valence-corrected chi connectivity index (χ1v) is 13.5. The van der Waals surface area contributed by atoms with Gasteiger partial charge in [0.1, 0.15) is 12.3 Å². The van der Waals surface area contributed by atoms with Crippen molar-refractivity contribution in [1.82, 2.24) is 9.80 Å². The van der Waals surface area contributed by atoms with Crippen LogP contribution in [0.1, 0.15) is 39.5 Å². The molecule has 1 aliphatic heterocycles. The molecule has 0 aromatic carbocycles. The van der Waals surface area contributed by atoms with Crippen molar-refractivity contribution in [3.63, 3.8) is 0 Å². The highest BCUT2D eigenvalue weighted by atomic mass is 28.3. The molecule has 0 atom stereocenters.